The van der Waals surface area contributed by atoms with Crippen LogP contribution in [0, 0.1) is 18.3 Å². The van der Waals surface area contributed by atoms with E-state index in [4.69, 9.17) is 4.42 Å². The first-order chi connectivity index (χ1) is 23.4. The summed E-state index contributed by atoms with van der Waals surface area (Å²) in [6.07, 6.45) is 6.88. The van der Waals surface area contributed by atoms with Crippen molar-refractivity contribution in [3.8, 4) is 28.5 Å². The van der Waals surface area contributed by atoms with E-state index in [9.17, 15) is 10.1 Å². The molecule has 0 spiro atoms. The molecule has 2 amide bonds. The van der Waals surface area contributed by atoms with Crippen molar-refractivity contribution in [1.82, 2.24) is 35.0 Å². The van der Waals surface area contributed by atoms with Crippen LogP contribution in [0.1, 0.15) is 17.0 Å². The summed E-state index contributed by atoms with van der Waals surface area (Å²) >= 11 is 0. The molecule has 12 nitrogen and oxygen atoms in total. The van der Waals surface area contributed by atoms with Gasteiger partial charge in [0.15, 0.2) is 11.5 Å². The van der Waals surface area contributed by atoms with Crippen LogP contribution in [0.15, 0.2) is 114 Å². The van der Waals surface area contributed by atoms with Gasteiger partial charge < -0.3 is 15.1 Å². The van der Waals surface area contributed by atoms with Crippen LogP contribution in [0.2, 0.25) is 0 Å². The van der Waals surface area contributed by atoms with E-state index < -0.39 is 0 Å². The van der Waals surface area contributed by atoms with Crippen molar-refractivity contribution in [2.75, 3.05) is 10.2 Å². The number of aryl methyl sites for hydroxylation is 2. The van der Waals surface area contributed by atoms with Crippen LogP contribution in [0.25, 0.3) is 33.5 Å². The maximum Gasteiger partial charge on any atom is 0.327 e. The van der Waals surface area contributed by atoms with Crippen molar-refractivity contribution in [2.45, 2.75) is 13.5 Å². The third-order valence-electron chi connectivity index (χ3n) is 7.56. The second kappa shape index (κ2) is 12.9. The van der Waals surface area contributed by atoms with E-state index in [-0.39, 0.29) is 6.03 Å². The maximum atomic E-state index is 13.7. The number of nitrogens with zero attached hydrogens (tertiary/aromatic N) is 8. The Balaban J connectivity index is 1.15. The smallest absolute Gasteiger partial charge is 0.327 e. The largest absolute Gasteiger partial charge is 0.441 e. The first-order valence-electron chi connectivity index (χ1n) is 15.0. The Morgan fingerprint density at radius 3 is 2.46 bits per heavy atom. The van der Waals surface area contributed by atoms with Crippen molar-refractivity contribution >= 4 is 40.3 Å². The Hall–Kier alpha value is -6.87. The van der Waals surface area contributed by atoms with Crippen molar-refractivity contribution in [3.05, 3.63) is 127 Å². The molecule has 4 aromatic heterocycles. The summed E-state index contributed by atoms with van der Waals surface area (Å²) in [5.74, 6) is 1.31. The minimum absolute atomic E-state index is 0.304. The molecule has 2 N–H and O–H groups in total. The molecule has 0 saturated carbocycles. The maximum absolute atomic E-state index is 13.7. The molecule has 0 aliphatic heterocycles. The van der Waals surface area contributed by atoms with Crippen molar-refractivity contribution in [3.63, 3.8) is 0 Å². The molecular formula is C36H28N10O2. The van der Waals surface area contributed by atoms with Gasteiger partial charge in [-0.15, -0.1) is 0 Å². The van der Waals surface area contributed by atoms with E-state index in [2.05, 4.69) is 41.7 Å². The summed E-state index contributed by atoms with van der Waals surface area (Å²) in [7, 11) is 1.86. The number of amides is 2. The fourth-order valence-electron chi connectivity index (χ4n) is 5.22. The van der Waals surface area contributed by atoms with Gasteiger partial charge in [-0.05, 0) is 60.2 Å². The van der Waals surface area contributed by atoms with Gasteiger partial charge in [0.25, 0.3) is 0 Å². The van der Waals surface area contributed by atoms with E-state index >= 15 is 0 Å². The first-order valence-corrected chi connectivity index (χ1v) is 15.0. The predicted molar refractivity (Wildman–Crippen MR) is 181 cm³/mol. The minimum atomic E-state index is -0.333. The SMILES string of the molecule is Cc1nc2cc(-c3nc(Nc4ccc(N(C(=O)NCc5ccccc5)c5ccc(-c6cnn(C)c6)cn5)cc4)ncc3C#N)ccc2o1. The minimum Gasteiger partial charge on any atom is -0.441 e. The van der Waals surface area contributed by atoms with Crippen molar-refractivity contribution in [1.29, 1.82) is 5.26 Å². The molecule has 0 saturated heterocycles. The fraction of sp³-hybridized carbons (Fsp3) is 0.0833. The van der Waals surface area contributed by atoms with Gasteiger partial charge in [0.05, 0.1) is 29.3 Å². The molecule has 7 rings (SSSR count). The molecule has 0 fully saturated rings. The second-order valence-corrected chi connectivity index (χ2v) is 10.9. The Labute approximate surface area is 275 Å². The van der Waals surface area contributed by atoms with Crippen molar-refractivity contribution < 1.29 is 9.21 Å². The number of oxazole rings is 1. The lowest BCUT2D eigenvalue weighted by Crippen LogP contribution is -2.37. The fourth-order valence-corrected chi connectivity index (χ4v) is 5.22. The number of nitrogens with one attached hydrogen (secondary N) is 2. The molecule has 3 aromatic carbocycles. The molecule has 0 bridgehead atoms. The monoisotopic (exact) mass is 632 g/mol. The number of fused-ring (bicyclic) bond motifs is 1. The van der Waals surface area contributed by atoms with Gasteiger partial charge in [-0.2, -0.15) is 10.4 Å². The van der Waals surface area contributed by atoms with Crippen LogP contribution in [-0.2, 0) is 13.6 Å². The molecule has 4 heterocycles. The van der Waals surface area contributed by atoms with Gasteiger partial charge in [-0.1, -0.05) is 30.3 Å². The Morgan fingerprint density at radius 1 is 0.917 bits per heavy atom. The van der Waals surface area contributed by atoms with Crippen LogP contribution in [0.3, 0.4) is 0 Å². The van der Waals surface area contributed by atoms with Crippen molar-refractivity contribution in [2.24, 2.45) is 7.05 Å². The van der Waals surface area contributed by atoms with E-state index in [0.29, 0.717) is 63.5 Å². The summed E-state index contributed by atoms with van der Waals surface area (Å²) in [6, 6.07) is 28.0. The number of carbonyl (C=O) groups excluding carboxylic acids is 1. The van der Waals surface area contributed by atoms with Gasteiger partial charge in [0.1, 0.15) is 17.4 Å². The summed E-state index contributed by atoms with van der Waals surface area (Å²) in [4.78, 5) is 33.2. The molecule has 0 radical (unpaired) electrons. The number of rotatable bonds is 8. The number of urea groups is 1. The van der Waals surface area contributed by atoms with Gasteiger partial charge in [0.2, 0.25) is 5.95 Å². The highest BCUT2D eigenvalue weighted by Crippen LogP contribution is 2.30. The van der Waals surface area contributed by atoms with Gasteiger partial charge in [0, 0.05) is 55.3 Å². The first kappa shape index (κ1) is 29.8. The topological polar surface area (TPSA) is 151 Å². The van der Waals surface area contributed by atoms with Crippen LogP contribution < -0.4 is 15.5 Å². The highest BCUT2D eigenvalue weighted by Gasteiger charge is 2.20. The Bertz CT molecular complexity index is 2270. The van der Waals surface area contributed by atoms with Crippen LogP contribution in [0.5, 0.6) is 0 Å². The van der Waals surface area contributed by atoms with Crippen LogP contribution in [0.4, 0.5) is 27.9 Å². The third kappa shape index (κ3) is 6.29. The number of anilines is 4. The lowest BCUT2D eigenvalue weighted by Gasteiger charge is -2.23. The van der Waals surface area contributed by atoms with E-state index in [0.717, 1.165) is 16.7 Å². The quantitative estimate of drug-likeness (QED) is 0.180. The van der Waals surface area contributed by atoms with Crippen LogP contribution >= 0.6 is 0 Å². The third-order valence-corrected chi connectivity index (χ3v) is 7.56. The zero-order valence-corrected chi connectivity index (χ0v) is 26.0. The summed E-state index contributed by atoms with van der Waals surface area (Å²) in [6.45, 7) is 2.13. The summed E-state index contributed by atoms with van der Waals surface area (Å²) in [5, 5.41) is 20.2. The molecule has 0 aliphatic carbocycles. The zero-order chi connectivity index (χ0) is 33.0. The lowest BCUT2D eigenvalue weighted by atomic mass is 10.1. The summed E-state index contributed by atoms with van der Waals surface area (Å²) in [5.41, 5.74) is 6.91. The number of hydrogen-bond donors (Lipinski definition) is 2. The number of nitriles is 1. The number of pyridine rings is 1. The number of carbonyl (C=O) groups is 1. The van der Waals surface area contributed by atoms with E-state index in [1.807, 2.05) is 92.1 Å². The number of benzene rings is 3. The summed E-state index contributed by atoms with van der Waals surface area (Å²) < 4.78 is 7.32. The molecule has 0 aliphatic rings. The zero-order valence-electron chi connectivity index (χ0n) is 26.0. The molecule has 0 atom stereocenters. The second-order valence-electron chi connectivity index (χ2n) is 10.9. The highest BCUT2D eigenvalue weighted by atomic mass is 16.3. The molecule has 234 valence electrons. The predicted octanol–water partition coefficient (Wildman–Crippen LogP) is 7.05. The van der Waals surface area contributed by atoms with Gasteiger partial charge in [-0.25, -0.2) is 29.6 Å². The Kier molecular flexibility index (Phi) is 7.99. The molecule has 12 heteroatoms. The molecular weight excluding hydrogens is 604 g/mol. The Morgan fingerprint density at radius 2 is 1.73 bits per heavy atom. The standard InChI is InChI=1S/C36H28N10O2/c1-23-42-31-16-25(8-14-32(31)48-23)34-27(17-37)20-39-35(44-34)43-29-10-12-30(13-11-29)46(36(47)40-18-24-6-4-3-5-7-24)33-15-9-26(19-38-33)28-21-41-45(2)22-28/h3-16,19-22H,18H2,1-2H3,(H,40,47)(H,39,43,44). The normalized spacial score (nSPS) is 10.9. The molecule has 48 heavy (non-hydrogen) atoms. The lowest BCUT2D eigenvalue weighted by molar-refractivity contribution is 0.248. The van der Waals surface area contributed by atoms with Gasteiger partial charge >= 0.3 is 6.03 Å². The van der Waals surface area contributed by atoms with E-state index in [1.54, 1.807) is 30.1 Å². The van der Waals surface area contributed by atoms with Crippen LogP contribution in [-0.4, -0.2) is 35.7 Å². The molecule has 0 unspecified atom stereocenters. The highest BCUT2D eigenvalue weighted by molar-refractivity contribution is 5.98. The average Bonchev–Trinajstić information content (AvgIpc) is 3.73. The van der Waals surface area contributed by atoms with E-state index in [1.165, 1.54) is 11.1 Å². The molecule has 7 aromatic rings. The number of aromatic nitrogens is 6. The van der Waals surface area contributed by atoms with Gasteiger partial charge in [-0.3, -0.25) is 4.68 Å². The number of hydrogen-bond acceptors (Lipinski definition) is 9. The average molecular weight is 633 g/mol.